The Morgan fingerprint density at radius 1 is 0.750 bits per heavy atom. The summed E-state index contributed by atoms with van der Waals surface area (Å²) in [5.41, 5.74) is 0. The minimum absolute atomic E-state index is 0.758. The van der Waals surface area contributed by atoms with E-state index in [1.807, 2.05) is 18.6 Å². The van der Waals surface area contributed by atoms with Crippen molar-refractivity contribution in [1.29, 1.82) is 0 Å². The first kappa shape index (κ1) is 12.6. The number of hydrogen-bond donors (Lipinski definition) is 3. The maximum Gasteiger partial charge on any atom is 0.120 e. The average molecular weight is 271 g/mol. The van der Waals surface area contributed by atoms with Crippen LogP contribution >= 0.6 is 0 Å². The first-order chi connectivity index (χ1) is 9.90. The van der Waals surface area contributed by atoms with Crippen LogP contribution in [0.25, 0.3) is 0 Å². The molecular weight excluding hydrogens is 254 g/mol. The molecule has 0 spiro atoms. The normalized spacial score (nSPS) is 11.2. The number of rotatable bonds is 7. The van der Waals surface area contributed by atoms with Crippen molar-refractivity contribution >= 4 is 0 Å². The Labute approximate surface area is 116 Å². The molecule has 20 heavy (non-hydrogen) atoms. The van der Waals surface area contributed by atoms with Gasteiger partial charge in [-0.2, -0.15) is 0 Å². The van der Waals surface area contributed by atoms with Crippen molar-refractivity contribution < 1.29 is 0 Å². The second kappa shape index (κ2) is 6.16. The summed E-state index contributed by atoms with van der Waals surface area (Å²) in [6.45, 7) is 2.40. The highest BCUT2D eigenvalue weighted by atomic mass is 15.2. The monoisotopic (exact) mass is 271 g/mol. The molecule has 0 saturated carbocycles. The third kappa shape index (κ3) is 3.33. The maximum atomic E-state index is 4.28. The fourth-order valence-electron chi connectivity index (χ4n) is 2.11. The van der Waals surface area contributed by atoms with E-state index in [9.17, 15) is 0 Å². The molecule has 7 nitrogen and oxygen atoms in total. The van der Waals surface area contributed by atoms with E-state index in [1.165, 1.54) is 0 Å². The van der Waals surface area contributed by atoms with E-state index >= 15 is 0 Å². The topological polar surface area (TPSA) is 89.3 Å². The molecule has 3 heterocycles. The van der Waals surface area contributed by atoms with Crippen LogP contribution in [-0.2, 0) is 19.5 Å². The summed E-state index contributed by atoms with van der Waals surface area (Å²) >= 11 is 0. The second-order valence-corrected chi connectivity index (χ2v) is 4.57. The van der Waals surface area contributed by atoms with Gasteiger partial charge in [0.05, 0.1) is 13.1 Å². The van der Waals surface area contributed by atoms with E-state index in [-0.39, 0.29) is 0 Å². The number of aromatic nitrogens is 6. The van der Waals surface area contributed by atoms with E-state index < -0.39 is 0 Å². The zero-order valence-electron chi connectivity index (χ0n) is 11.1. The van der Waals surface area contributed by atoms with Crippen LogP contribution in [0.15, 0.2) is 37.2 Å². The summed E-state index contributed by atoms with van der Waals surface area (Å²) in [6, 6.07) is 0. The fourth-order valence-corrected chi connectivity index (χ4v) is 2.11. The van der Waals surface area contributed by atoms with E-state index in [0.29, 0.717) is 0 Å². The Morgan fingerprint density at radius 3 is 1.70 bits per heavy atom. The van der Waals surface area contributed by atoms with Crippen LogP contribution in [0, 0.1) is 0 Å². The molecule has 0 aliphatic carbocycles. The van der Waals surface area contributed by atoms with Crippen LogP contribution in [-0.4, -0.2) is 41.3 Å². The summed E-state index contributed by atoms with van der Waals surface area (Å²) in [4.78, 5) is 24.5. The van der Waals surface area contributed by atoms with Crippen molar-refractivity contribution in [2.75, 3.05) is 6.54 Å². The number of imidazole rings is 3. The smallest absolute Gasteiger partial charge is 0.120 e. The summed E-state index contributed by atoms with van der Waals surface area (Å²) in [5.74, 6) is 2.90. The highest BCUT2D eigenvalue weighted by Crippen LogP contribution is 2.05. The summed E-state index contributed by atoms with van der Waals surface area (Å²) < 4.78 is 0. The van der Waals surface area contributed by atoms with Gasteiger partial charge in [0.2, 0.25) is 0 Å². The molecule has 0 bridgehead atoms. The van der Waals surface area contributed by atoms with Crippen LogP contribution in [0.5, 0.6) is 0 Å². The summed E-state index contributed by atoms with van der Waals surface area (Å²) in [7, 11) is 0. The SMILES string of the molecule is c1c[nH]c(CCN(Cc2ncc[nH]2)Cc2ncc[nH]2)n1. The van der Waals surface area contributed by atoms with Gasteiger partial charge in [-0.1, -0.05) is 0 Å². The zero-order valence-corrected chi connectivity index (χ0v) is 11.1. The minimum atomic E-state index is 0.758. The summed E-state index contributed by atoms with van der Waals surface area (Å²) in [6.07, 6.45) is 11.7. The van der Waals surface area contributed by atoms with Crippen molar-refractivity contribution in [2.24, 2.45) is 0 Å². The molecule has 3 aromatic heterocycles. The summed E-state index contributed by atoms with van der Waals surface area (Å²) in [5, 5.41) is 0. The predicted molar refractivity (Wildman–Crippen MR) is 73.6 cm³/mol. The molecule has 0 saturated heterocycles. The van der Waals surface area contributed by atoms with Gasteiger partial charge in [-0.15, -0.1) is 0 Å². The zero-order chi connectivity index (χ0) is 13.6. The van der Waals surface area contributed by atoms with Crippen molar-refractivity contribution in [3.05, 3.63) is 54.7 Å². The molecule has 104 valence electrons. The molecule has 0 aromatic carbocycles. The number of aromatic amines is 3. The Kier molecular flexibility index (Phi) is 3.88. The first-order valence-electron chi connectivity index (χ1n) is 6.57. The van der Waals surface area contributed by atoms with Crippen molar-refractivity contribution in [3.8, 4) is 0 Å². The molecule has 3 rings (SSSR count). The van der Waals surface area contributed by atoms with Crippen LogP contribution in [0.1, 0.15) is 17.5 Å². The van der Waals surface area contributed by atoms with Gasteiger partial charge in [-0.25, -0.2) is 15.0 Å². The molecule has 0 atom stereocenters. The number of H-pyrrole nitrogens is 3. The third-order valence-corrected chi connectivity index (χ3v) is 3.08. The lowest BCUT2D eigenvalue weighted by atomic mass is 10.3. The Bertz CT molecular complexity index is 547. The molecule has 0 aliphatic rings. The van der Waals surface area contributed by atoms with Crippen LogP contribution in [0.3, 0.4) is 0 Å². The third-order valence-electron chi connectivity index (χ3n) is 3.08. The van der Waals surface area contributed by atoms with E-state index in [2.05, 4.69) is 34.8 Å². The van der Waals surface area contributed by atoms with Gasteiger partial charge in [-0.3, -0.25) is 4.90 Å². The van der Waals surface area contributed by atoms with Gasteiger partial charge in [0.1, 0.15) is 17.5 Å². The molecule has 3 aromatic rings. The molecule has 0 unspecified atom stereocenters. The van der Waals surface area contributed by atoms with E-state index in [1.54, 1.807) is 18.6 Å². The largest absolute Gasteiger partial charge is 0.349 e. The van der Waals surface area contributed by atoms with Crippen molar-refractivity contribution in [2.45, 2.75) is 19.5 Å². The Hall–Kier alpha value is -2.41. The van der Waals surface area contributed by atoms with Gasteiger partial charge >= 0.3 is 0 Å². The molecule has 0 aliphatic heterocycles. The highest BCUT2D eigenvalue weighted by Gasteiger charge is 2.10. The van der Waals surface area contributed by atoms with Crippen LogP contribution in [0.2, 0.25) is 0 Å². The quantitative estimate of drug-likeness (QED) is 0.600. The fraction of sp³-hybridized carbons (Fsp3) is 0.308. The van der Waals surface area contributed by atoms with Crippen LogP contribution in [0.4, 0.5) is 0 Å². The van der Waals surface area contributed by atoms with Crippen molar-refractivity contribution in [1.82, 2.24) is 34.8 Å². The van der Waals surface area contributed by atoms with Crippen LogP contribution < -0.4 is 0 Å². The van der Waals surface area contributed by atoms with Crippen molar-refractivity contribution in [3.63, 3.8) is 0 Å². The number of nitrogens with one attached hydrogen (secondary N) is 3. The molecule has 0 fully saturated rings. The van der Waals surface area contributed by atoms with Gasteiger partial charge in [0, 0.05) is 50.1 Å². The Balaban J connectivity index is 1.62. The average Bonchev–Trinajstić information content (AvgIpc) is 3.20. The molecule has 0 radical (unpaired) electrons. The highest BCUT2D eigenvalue weighted by molar-refractivity contribution is 4.93. The lowest BCUT2D eigenvalue weighted by Crippen LogP contribution is -2.26. The van der Waals surface area contributed by atoms with Gasteiger partial charge in [0.15, 0.2) is 0 Å². The maximum absolute atomic E-state index is 4.28. The number of hydrogen-bond acceptors (Lipinski definition) is 4. The van der Waals surface area contributed by atoms with E-state index in [0.717, 1.165) is 43.5 Å². The predicted octanol–water partition coefficient (Wildman–Crippen LogP) is 1.10. The van der Waals surface area contributed by atoms with Gasteiger partial charge in [0.25, 0.3) is 0 Å². The molecular formula is C13H17N7. The van der Waals surface area contributed by atoms with Gasteiger partial charge < -0.3 is 15.0 Å². The number of nitrogens with zero attached hydrogens (tertiary/aromatic N) is 4. The first-order valence-corrected chi connectivity index (χ1v) is 6.57. The molecule has 0 amide bonds. The molecule has 7 heteroatoms. The lowest BCUT2D eigenvalue weighted by Gasteiger charge is -2.19. The lowest BCUT2D eigenvalue weighted by molar-refractivity contribution is 0.247. The minimum Gasteiger partial charge on any atom is -0.349 e. The standard InChI is InChI=1S/C13H17N7/c1(11-14-2-3-15-11)8-20(9-12-16-4-5-17-12)10-13-18-6-7-19-13/h2-7H,1,8-10H2,(H,14,15)(H,16,17)(H,18,19). The Morgan fingerprint density at radius 2 is 1.25 bits per heavy atom. The van der Waals surface area contributed by atoms with E-state index in [4.69, 9.17) is 0 Å². The molecule has 3 N–H and O–H groups in total. The second-order valence-electron chi connectivity index (χ2n) is 4.57. The van der Waals surface area contributed by atoms with Gasteiger partial charge in [-0.05, 0) is 0 Å².